The van der Waals surface area contributed by atoms with Crippen LogP contribution in [0.2, 0.25) is 0 Å². The topological polar surface area (TPSA) is 8.17 Å². The zero-order chi connectivity index (χ0) is 42.1. The molecule has 2 heteroatoms. The minimum absolute atomic E-state index is 0.133. The van der Waals surface area contributed by atoms with Crippen molar-refractivity contribution < 1.29 is 0 Å². The lowest BCUT2D eigenvalue weighted by molar-refractivity contribution is 0.660. The minimum atomic E-state index is -0.133. The summed E-state index contributed by atoms with van der Waals surface area (Å²) in [4.78, 5) is 2.45. The fourth-order valence-corrected chi connectivity index (χ4v) is 10.4. The van der Waals surface area contributed by atoms with Crippen LogP contribution in [0.15, 0.2) is 231 Å². The zero-order valence-corrected chi connectivity index (χ0v) is 35.3. The molecule has 10 aromatic carbocycles. The van der Waals surface area contributed by atoms with E-state index in [9.17, 15) is 0 Å². The van der Waals surface area contributed by atoms with Gasteiger partial charge in [-0.1, -0.05) is 196 Å². The maximum atomic E-state index is 2.51. The van der Waals surface area contributed by atoms with Crippen LogP contribution < -0.4 is 4.90 Å². The van der Waals surface area contributed by atoms with E-state index in [0.29, 0.717) is 0 Å². The monoisotopic (exact) mass is 804 g/mol. The van der Waals surface area contributed by atoms with Crippen LogP contribution >= 0.6 is 0 Å². The average Bonchev–Trinajstić information content (AvgIpc) is 3.83. The fourth-order valence-electron chi connectivity index (χ4n) is 10.4. The van der Waals surface area contributed by atoms with Crippen molar-refractivity contribution >= 4 is 49.5 Å². The fraction of sp³-hybridized carbons (Fsp3) is 0.0492. The van der Waals surface area contributed by atoms with Crippen LogP contribution in [0, 0.1) is 0 Å². The van der Waals surface area contributed by atoms with Crippen molar-refractivity contribution in [3.63, 3.8) is 0 Å². The molecule has 0 N–H and O–H groups in total. The largest absolute Gasteiger partial charge is 0.310 e. The van der Waals surface area contributed by atoms with Crippen LogP contribution in [0.1, 0.15) is 25.0 Å². The quantitative estimate of drug-likeness (QED) is 0.146. The minimum Gasteiger partial charge on any atom is -0.310 e. The van der Waals surface area contributed by atoms with Crippen molar-refractivity contribution in [1.82, 2.24) is 4.57 Å². The number of para-hydroxylation sites is 1. The molecule has 0 saturated carbocycles. The molecule has 12 rings (SSSR count). The second-order valence-electron chi connectivity index (χ2n) is 17.3. The third-order valence-electron chi connectivity index (χ3n) is 13.4. The second kappa shape index (κ2) is 14.6. The first kappa shape index (κ1) is 36.9. The van der Waals surface area contributed by atoms with Gasteiger partial charge in [0.25, 0.3) is 0 Å². The summed E-state index contributed by atoms with van der Waals surface area (Å²) in [5.74, 6) is 0. The highest BCUT2D eigenvalue weighted by molar-refractivity contribution is 6.30. The second-order valence-corrected chi connectivity index (χ2v) is 17.3. The van der Waals surface area contributed by atoms with E-state index >= 15 is 0 Å². The van der Waals surface area contributed by atoms with E-state index < -0.39 is 0 Å². The number of hydrogen-bond donors (Lipinski definition) is 0. The highest BCUT2D eigenvalue weighted by Crippen LogP contribution is 2.52. The molecule has 1 aromatic heterocycles. The summed E-state index contributed by atoms with van der Waals surface area (Å²) in [6.45, 7) is 4.73. The zero-order valence-electron chi connectivity index (χ0n) is 35.3. The van der Waals surface area contributed by atoms with Crippen LogP contribution in [0.4, 0.5) is 17.1 Å². The summed E-state index contributed by atoms with van der Waals surface area (Å²) < 4.78 is 2.51. The van der Waals surface area contributed by atoms with Gasteiger partial charge in [-0.3, -0.25) is 0 Å². The Bertz CT molecular complexity index is 3490. The highest BCUT2D eigenvalue weighted by Gasteiger charge is 2.36. The lowest BCUT2D eigenvalue weighted by Crippen LogP contribution is -2.16. The van der Waals surface area contributed by atoms with Crippen molar-refractivity contribution in [3.8, 4) is 50.3 Å². The third-order valence-corrected chi connectivity index (χ3v) is 13.4. The van der Waals surface area contributed by atoms with E-state index in [1.54, 1.807) is 0 Å². The molecule has 0 atom stereocenters. The van der Waals surface area contributed by atoms with Gasteiger partial charge in [-0.2, -0.15) is 0 Å². The molecular weight excluding hydrogens is 761 g/mol. The van der Waals surface area contributed by atoms with Crippen molar-refractivity contribution in [2.45, 2.75) is 19.3 Å². The van der Waals surface area contributed by atoms with Gasteiger partial charge in [0.1, 0.15) is 0 Å². The number of anilines is 3. The van der Waals surface area contributed by atoms with Crippen LogP contribution in [0.25, 0.3) is 82.8 Å². The van der Waals surface area contributed by atoms with E-state index in [2.05, 4.69) is 254 Å². The van der Waals surface area contributed by atoms with Gasteiger partial charge >= 0.3 is 0 Å². The van der Waals surface area contributed by atoms with Crippen LogP contribution in [0.5, 0.6) is 0 Å². The van der Waals surface area contributed by atoms with Crippen LogP contribution in [-0.4, -0.2) is 4.57 Å². The Hall–Kier alpha value is -7.94. The Morgan fingerprint density at radius 2 is 0.889 bits per heavy atom. The number of hydrogen-bond acceptors (Lipinski definition) is 1. The Balaban J connectivity index is 1.15. The Kier molecular flexibility index (Phi) is 8.55. The Morgan fingerprint density at radius 3 is 1.60 bits per heavy atom. The molecule has 0 radical (unpaired) electrons. The van der Waals surface area contributed by atoms with E-state index in [0.717, 1.165) is 22.7 Å². The number of aromatic nitrogens is 1. The van der Waals surface area contributed by atoms with Gasteiger partial charge in [0.2, 0.25) is 0 Å². The normalized spacial score (nSPS) is 12.7. The standard InChI is InChI=1S/C61H44N2/c1-61(2)55-30-18-17-28-50(55)51-37-35-48(40-56(51)61)62(46-33-31-42(32-34-46)41-19-7-3-8-20-41)47-36-38-52-54(39-47)49-27-15-16-29-53(49)60-58(52)57(43-21-9-4-10-22-43)59(44-23-11-5-12-24-44)63(60)45-25-13-6-14-26-45/h3-40H,1-2H3. The summed E-state index contributed by atoms with van der Waals surface area (Å²) >= 11 is 0. The van der Waals surface area contributed by atoms with Crippen LogP contribution in [0.3, 0.4) is 0 Å². The molecule has 0 spiro atoms. The maximum Gasteiger partial charge on any atom is 0.0626 e. The molecule has 1 aliphatic rings. The van der Waals surface area contributed by atoms with Gasteiger partial charge in [0.15, 0.2) is 0 Å². The molecule has 0 aliphatic heterocycles. The lowest BCUT2D eigenvalue weighted by atomic mass is 9.82. The molecule has 1 heterocycles. The van der Waals surface area contributed by atoms with Gasteiger partial charge < -0.3 is 9.47 Å². The molecule has 0 saturated heterocycles. The smallest absolute Gasteiger partial charge is 0.0626 e. The van der Waals surface area contributed by atoms with Gasteiger partial charge in [-0.15, -0.1) is 0 Å². The molecule has 1 aliphatic carbocycles. The predicted octanol–water partition coefficient (Wildman–Crippen LogP) is 16.7. The molecule has 63 heavy (non-hydrogen) atoms. The number of fused-ring (bicyclic) bond motifs is 9. The molecule has 2 nitrogen and oxygen atoms in total. The summed E-state index contributed by atoms with van der Waals surface area (Å²) in [6, 6.07) is 84.6. The first-order chi connectivity index (χ1) is 31.0. The molecule has 0 bridgehead atoms. The molecule has 0 amide bonds. The molecule has 11 aromatic rings. The van der Waals surface area contributed by atoms with Crippen molar-refractivity contribution in [2.24, 2.45) is 0 Å². The van der Waals surface area contributed by atoms with Gasteiger partial charge in [0, 0.05) is 44.5 Å². The van der Waals surface area contributed by atoms with Crippen LogP contribution in [-0.2, 0) is 5.41 Å². The van der Waals surface area contributed by atoms with Gasteiger partial charge in [0.05, 0.1) is 11.2 Å². The number of rotatable bonds is 7. The molecule has 0 unspecified atom stereocenters. The summed E-state index contributed by atoms with van der Waals surface area (Å²) in [5.41, 5.74) is 18.1. The predicted molar refractivity (Wildman–Crippen MR) is 267 cm³/mol. The van der Waals surface area contributed by atoms with E-state index in [4.69, 9.17) is 0 Å². The number of benzene rings is 10. The molecule has 298 valence electrons. The van der Waals surface area contributed by atoms with Crippen molar-refractivity contribution in [1.29, 1.82) is 0 Å². The summed E-state index contributed by atoms with van der Waals surface area (Å²) in [5, 5.41) is 6.14. The SMILES string of the molecule is CC1(C)c2ccccc2-c2ccc(N(c3ccc(-c4ccccc4)cc3)c3ccc4c(c3)c3ccccc3c3c4c(-c4ccccc4)c(-c4ccccc4)n3-c3ccccc3)cc21. The van der Waals surface area contributed by atoms with Gasteiger partial charge in [-0.05, 0) is 109 Å². The average molecular weight is 805 g/mol. The Morgan fingerprint density at radius 1 is 0.365 bits per heavy atom. The Labute approximate surface area is 368 Å². The summed E-state index contributed by atoms with van der Waals surface area (Å²) in [7, 11) is 0. The van der Waals surface area contributed by atoms with E-state index in [1.165, 1.54) is 88.2 Å². The first-order valence-corrected chi connectivity index (χ1v) is 21.9. The molecular formula is C61H44N2. The highest BCUT2D eigenvalue weighted by atomic mass is 15.1. The molecule has 0 fully saturated rings. The van der Waals surface area contributed by atoms with Gasteiger partial charge in [-0.25, -0.2) is 0 Å². The van der Waals surface area contributed by atoms with Crippen molar-refractivity contribution in [2.75, 3.05) is 4.90 Å². The first-order valence-electron chi connectivity index (χ1n) is 21.9. The van der Waals surface area contributed by atoms with E-state index in [1.807, 2.05) is 0 Å². The third kappa shape index (κ3) is 5.86. The van der Waals surface area contributed by atoms with Crippen molar-refractivity contribution in [3.05, 3.63) is 242 Å². The maximum absolute atomic E-state index is 2.51. The summed E-state index contributed by atoms with van der Waals surface area (Å²) in [6.07, 6.45) is 0. The lowest BCUT2D eigenvalue weighted by Gasteiger charge is -2.28. The number of nitrogens with zero attached hydrogens (tertiary/aromatic N) is 2. The van der Waals surface area contributed by atoms with E-state index in [-0.39, 0.29) is 5.41 Å².